The molecule has 2 aromatic carbocycles. The average molecular weight is 517 g/mol. The van der Waals surface area contributed by atoms with Gasteiger partial charge in [-0.15, -0.1) is 0 Å². The van der Waals surface area contributed by atoms with Crippen LogP contribution in [0.5, 0.6) is 0 Å². The standard InChI is InChI=1S/C14H7Br2F4N3O4/c1-21(13-9(15)2-6(17)3-10(13)16)12-8(14(18,19)20)4-7(22(24)25)5-11(12)23(26)27/h2-5H,1H3. The van der Waals surface area contributed by atoms with Gasteiger partial charge in [-0.2, -0.15) is 13.2 Å². The summed E-state index contributed by atoms with van der Waals surface area (Å²) in [5, 5.41) is 22.2. The van der Waals surface area contributed by atoms with Gasteiger partial charge in [0.1, 0.15) is 11.5 Å². The minimum absolute atomic E-state index is 0.0117. The van der Waals surface area contributed by atoms with E-state index in [1.165, 1.54) is 0 Å². The maximum absolute atomic E-state index is 13.5. The average Bonchev–Trinajstić information content (AvgIpc) is 2.51. The molecule has 0 fully saturated rings. The van der Waals surface area contributed by atoms with Crippen molar-refractivity contribution in [1.29, 1.82) is 0 Å². The highest BCUT2D eigenvalue weighted by atomic mass is 79.9. The number of non-ortho nitro benzene ring substituents is 1. The summed E-state index contributed by atoms with van der Waals surface area (Å²) in [5.41, 5.74) is -4.75. The number of nitro groups is 2. The first-order valence-electron chi connectivity index (χ1n) is 6.77. The van der Waals surface area contributed by atoms with Gasteiger partial charge >= 0.3 is 6.18 Å². The van der Waals surface area contributed by atoms with Crippen molar-refractivity contribution in [2.45, 2.75) is 6.18 Å². The van der Waals surface area contributed by atoms with Crippen molar-refractivity contribution in [3.63, 3.8) is 0 Å². The third-order valence-electron chi connectivity index (χ3n) is 3.44. The Morgan fingerprint density at radius 2 is 1.48 bits per heavy atom. The highest BCUT2D eigenvalue weighted by Gasteiger charge is 2.41. The molecule has 0 bridgehead atoms. The first kappa shape index (κ1) is 21.0. The summed E-state index contributed by atoms with van der Waals surface area (Å²) in [4.78, 5) is 20.7. The zero-order valence-electron chi connectivity index (χ0n) is 13.1. The van der Waals surface area contributed by atoms with Gasteiger partial charge in [0, 0.05) is 22.1 Å². The number of benzene rings is 2. The van der Waals surface area contributed by atoms with Crippen molar-refractivity contribution in [1.82, 2.24) is 0 Å². The molecule has 0 saturated carbocycles. The lowest BCUT2D eigenvalue weighted by Gasteiger charge is -2.25. The number of hydrogen-bond acceptors (Lipinski definition) is 5. The van der Waals surface area contributed by atoms with E-state index in [2.05, 4.69) is 31.9 Å². The fourth-order valence-corrected chi connectivity index (χ4v) is 4.05. The van der Waals surface area contributed by atoms with Crippen molar-refractivity contribution in [2.75, 3.05) is 11.9 Å². The Hall–Kier alpha value is -2.28. The summed E-state index contributed by atoms with van der Waals surface area (Å²) in [7, 11) is 1.09. The minimum atomic E-state index is -5.13. The van der Waals surface area contributed by atoms with Crippen LogP contribution in [-0.2, 0) is 6.18 Å². The number of halogens is 6. The monoisotopic (exact) mass is 515 g/mol. The molecule has 0 aliphatic rings. The topological polar surface area (TPSA) is 89.5 Å². The van der Waals surface area contributed by atoms with Crippen LogP contribution in [0.2, 0.25) is 0 Å². The van der Waals surface area contributed by atoms with E-state index in [1.807, 2.05) is 0 Å². The largest absolute Gasteiger partial charge is 0.418 e. The molecular weight excluding hydrogens is 510 g/mol. The zero-order chi connectivity index (χ0) is 20.7. The van der Waals surface area contributed by atoms with E-state index in [9.17, 15) is 37.8 Å². The van der Waals surface area contributed by atoms with Crippen LogP contribution in [0.15, 0.2) is 33.2 Å². The Bertz CT molecular complexity index is 930. The number of nitrogens with zero attached hydrogens (tertiary/aromatic N) is 3. The molecule has 7 nitrogen and oxygen atoms in total. The van der Waals surface area contributed by atoms with Crippen molar-refractivity contribution >= 4 is 54.6 Å². The highest BCUT2D eigenvalue weighted by Crippen LogP contribution is 2.48. The second kappa shape index (κ2) is 7.38. The summed E-state index contributed by atoms with van der Waals surface area (Å²) < 4.78 is 54.0. The molecule has 2 aromatic rings. The minimum Gasteiger partial charge on any atom is -0.337 e. The van der Waals surface area contributed by atoms with E-state index in [-0.39, 0.29) is 20.7 Å². The molecule has 0 aromatic heterocycles. The van der Waals surface area contributed by atoms with Crippen molar-refractivity contribution in [3.8, 4) is 0 Å². The van der Waals surface area contributed by atoms with Gasteiger partial charge in [0.05, 0.1) is 27.2 Å². The van der Waals surface area contributed by atoms with E-state index in [4.69, 9.17) is 0 Å². The van der Waals surface area contributed by atoms with Gasteiger partial charge in [-0.25, -0.2) is 4.39 Å². The molecule has 13 heteroatoms. The summed E-state index contributed by atoms with van der Waals surface area (Å²) >= 11 is 6.00. The Morgan fingerprint density at radius 1 is 0.963 bits per heavy atom. The fraction of sp³-hybridized carbons (Fsp3) is 0.143. The van der Waals surface area contributed by atoms with Crippen LogP contribution in [0.4, 0.5) is 40.3 Å². The molecule has 0 amide bonds. The molecule has 0 saturated heterocycles. The van der Waals surface area contributed by atoms with Crippen LogP contribution in [0.3, 0.4) is 0 Å². The van der Waals surface area contributed by atoms with Crippen molar-refractivity contribution < 1.29 is 27.4 Å². The van der Waals surface area contributed by atoms with E-state index in [1.54, 1.807) is 0 Å². The quantitative estimate of drug-likeness (QED) is 0.284. The molecule has 144 valence electrons. The van der Waals surface area contributed by atoms with Gasteiger partial charge in [0.25, 0.3) is 11.4 Å². The normalized spacial score (nSPS) is 11.4. The van der Waals surface area contributed by atoms with Crippen LogP contribution in [-0.4, -0.2) is 16.9 Å². The van der Waals surface area contributed by atoms with Crippen LogP contribution < -0.4 is 4.90 Å². The van der Waals surface area contributed by atoms with E-state index < -0.39 is 44.5 Å². The molecule has 0 aliphatic carbocycles. The highest BCUT2D eigenvalue weighted by molar-refractivity contribution is 9.11. The molecule has 0 N–H and O–H groups in total. The lowest BCUT2D eigenvalue weighted by Crippen LogP contribution is -2.19. The van der Waals surface area contributed by atoms with Gasteiger partial charge in [0.2, 0.25) is 0 Å². The third-order valence-corrected chi connectivity index (χ3v) is 4.65. The maximum atomic E-state index is 13.5. The predicted molar refractivity (Wildman–Crippen MR) is 94.6 cm³/mol. The van der Waals surface area contributed by atoms with Gasteiger partial charge < -0.3 is 4.90 Å². The first-order valence-corrected chi connectivity index (χ1v) is 8.35. The Balaban J connectivity index is 2.90. The molecule has 0 spiro atoms. The predicted octanol–water partition coefficient (Wildman–Crippen LogP) is 5.95. The Labute approximate surface area is 165 Å². The lowest BCUT2D eigenvalue weighted by molar-refractivity contribution is -0.394. The number of alkyl halides is 3. The molecule has 27 heavy (non-hydrogen) atoms. The molecular formula is C14H7Br2F4N3O4. The van der Waals surface area contributed by atoms with E-state index >= 15 is 0 Å². The van der Waals surface area contributed by atoms with Gasteiger partial charge in [-0.1, -0.05) is 0 Å². The van der Waals surface area contributed by atoms with E-state index in [0.29, 0.717) is 6.07 Å². The smallest absolute Gasteiger partial charge is 0.337 e. The maximum Gasteiger partial charge on any atom is 0.418 e. The van der Waals surface area contributed by atoms with Crippen molar-refractivity contribution in [2.24, 2.45) is 0 Å². The number of rotatable bonds is 4. The van der Waals surface area contributed by atoms with Crippen LogP contribution in [0.25, 0.3) is 0 Å². The summed E-state index contributed by atoms with van der Waals surface area (Å²) in [6.07, 6.45) is -5.13. The Kier molecular flexibility index (Phi) is 5.75. The van der Waals surface area contributed by atoms with Crippen LogP contribution in [0, 0.1) is 26.0 Å². The van der Waals surface area contributed by atoms with Gasteiger partial charge in [-0.05, 0) is 44.0 Å². The second-order valence-electron chi connectivity index (χ2n) is 5.15. The van der Waals surface area contributed by atoms with Crippen molar-refractivity contribution in [3.05, 3.63) is 64.8 Å². The van der Waals surface area contributed by atoms with E-state index in [0.717, 1.165) is 24.1 Å². The molecule has 0 heterocycles. The first-order chi connectivity index (χ1) is 12.3. The number of hydrogen-bond donors (Lipinski definition) is 0. The summed E-state index contributed by atoms with van der Waals surface area (Å²) in [6.45, 7) is 0. The number of anilines is 2. The Morgan fingerprint density at radius 3 is 1.89 bits per heavy atom. The molecule has 0 radical (unpaired) electrons. The fourth-order valence-electron chi connectivity index (χ4n) is 2.38. The lowest BCUT2D eigenvalue weighted by atomic mass is 10.1. The molecule has 0 atom stereocenters. The summed E-state index contributed by atoms with van der Waals surface area (Å²) in [6, 6.07) is 2.57. The number of nitro benzene ring substituents is 2. The zero-order valence-corrected chi connectivity index (χ0v) is 16.2. The van der Waals surface area contributed by atoms with Crippen LogP contribution >= 0.6 is 31.9 Å². The van der Waals surface area contributed by atoms with Gasteiger partial charge in [-0.3, -0.25) is 20.2 Å². The third kappa shape index (κ3) is 4.18. The molecule has 0 unspecified atom stereocenters. The van der Waals surface area contributed by atoms with Crippen LogP contribution in [0.1, 0.15) is 5.56 Å². The van der Waals surface area contributed by atoms with Gasteiger partial charge in [0.15, 0.2) is 0 Å². The summed E-state index contributed by atoms with van der Waals surface area (Å²) in [5.74, 6) is -0.708. The molecule has 0 aliphatic heterocycles. The molecule has 2 rings (SSSR count). The second-order valence-corrected chi connectivity index (χ2v) is 6.86. The SMILES string of the molecule is CN(c1c(Br)cc(F)cc1Br)c1c([N+](=O)[O-])cc([N+](=O)[O-])cc1C(F)(F)F.